The summed E-state index contributed by atoms with van der Waals surface area (Å²) in [6.45, 7) is 0. The number of benzene rings is 1. The Hall–Kier alpha value is -2.05. The number of carbonyl (C=O) groups is 1. The van der Waals surface area contributed by atoms with Gasteiger partial charge in [0.2, 0.25) is 0 Å². The Kier molecular flexibility index (Phi) is 3.96. The number of H-pyrrole nitrogens is 1. The average molecular weight is 286 g/mol. The number of rotatable bonds is 4. The minimum atomic E-state index is -4.48. The summed E-state index contributed by atoms with van der Waals surface area (Å²) in [4.78, 5) is 18.0. The molecule has 7 heteroatoms. The monoisotopic (exact) mass is 286 g/mol. The number of alkyl halides is 3. The molecule has 2 rings (SSSR count). The van der Waals surface area contributed by atoms with E-state index < -0.39 is 24.5 Å². The van der Waals surface area contributed by atoms with E-state index in [1.54, 1.807) is 24.3 Å². The number of nitrogens with zero attached hydrogens (tertiary/aromatic N) is 1. The van der Waals surface area contributed by atoms with E-state index in [9.17, 15) is 18.0 Å². The van der Waals surface area contributed by atoms with Crippen LogP contribution in [0.3, 0.4) is 0 Å². The number of methoxy groups -OCH3 is 1. The standard InChI is InChI=1S/C13H13F3N2O2/c1-20-12(19)7-8(13(14,15)16)6-11-17-9-4-2-3-5-10(9)18-11/h2-5,8H,6-7H2,1H3,(H,17,18)/t8-/m1/s1. The van der Waals surface area contributed by atoms with Gasteiger partial charge in [-0.2, -0.15) is 13.2 Å². The largest absolute Gasteiger partial charge is 0.469 e. The maximum atomic E-state index is 12.9. The fraction of sp³-hybridized carbons (Fsp3) is 0.385. The van der Waals surface area contributed by atoms with E-state index in [2.05, 4.69) is 14.7 Å². The van der Waals surface area contributed by atoms with Crippen molar-refractivity contribution < 1.29 is 22.7 Å². The number of nitrogens with one attached hydrogen (secondary N) is 1. The van der Waals surface area contributed by atoms with E-state index in [4.69, 9.17) is 0 Å². The summed E-state index contributed by atoms with van der Waals surface area (Å²) >= 11 is 0. The van der Waals surface area contributed by atoms with Crippen LogP contribution >= 0.6 is 0 Å². The van der Waals surface area contributed by atoms with Crippen molar-refractivity contribution >= 4 is 17.0 Å². The highest BCUT2D eigenvalue weighted by molar-refractivity contribution is 5.74. The highest BCUT2D eigenvalue weighted by Gasteiger charge is 2.41. The van der Waals surface area contributed by atoms with Crippen molar-refractivity contribution in [3.05, 3.63) is 30.1 Å². The van der Waals surface area contributed by atoms with E-state index in [-0.39, 0.29) is 12.2 Å². The molecule has 0 bridgehead atoms. The van der Waals surface area contributed by atoms with E-state index in [0.29, 0.717) is 11.0 Å². The first-order valence-corrected chi connectivity index (χ1v) is 5.97. The maximum absolute atomic E-state index is 12.9. The Morgan fingerprint density at radius 3 is 2.70 bits per heavy atom. The second-order valence-corrected chi connectivity index (χ2v) is 4.42. The first kappa shape index (κ1) is 14.4. The fourth-order valence-corrected chi connectivity index (χ4v) is 1.92. The van der Waals surface area contributed by atoms with Crippen LogP contribution in [0.15, 0.2) is 24.3 Å². The van der Waals surface area contributed by atoms with Gasteiger partial charge in [0, 0.05) is 6.42 Å². The molecular weight excluding hydrogens is 273 g/mol. The molecule has 0 spiro atoms. The highest BCUT2D eigenvalue weighted by Crippen LogP contribution is 2.31. The number of fused-ring (bicyclic) bond motifs is 1. The van der Waals surface area contributed by atoms with Crippen molar-refractivity contribution in [2.75, 3.05) is 7.11 Å². The Balaban J connectivity index is 2.20. The molecule has 0 amide bonds. The molecule has 20 heavy (non-hydrogen) atoms. The number of carbonyl (C=O) groups excluding carboxylic acids is 1. The van der Waals surface area contributed by atoms with Gasteiger partial charge in [-0.25, -0.2) is 4.98 Å². The number of hydrogen-bond acceptors (Lipinski definition) is 3. The van der Waals surface area contributed by atoms with Crippen molar-refractivity contribution in [1.82, 2.24) is 9.97 Å². The molecule has 0 unspecified atom stereocenters. The summed E-state index contributed by atoms with van der Waals surface area (Å²) in [5, 5.41) is 0. The number of esters is 1. The number of hydrogen-bond donors (Lipinski definition) is 1. The number of imidazole rings is 1. The Morgan fingerprint density at radius 1 is 1.40 bits per heavy atom. The molecule has 2 aromatic rings. The van der Waals surface area contributed by atoms with Gasteiger partial charge < -0.3 is 9.72 Å². The minimum Gasteiger partial charge on any atom is -0.469 e. The Morgan fingerprint density at radius 2 is 2.10 bits per heavy atom. The van der Waals surface area contributed by atoms with Crippen molar-refractivity contribution in [1.29, 1.82) is 0 Å². The zero-order chi connectivity index (χ0) is 14.8. The van der Waals surface area contributed by atoms with Crippen LogP contribution in [0.25, 0.3) is 11.0 Å². The summed E-state index contributed by atoms with van der Waals surface area (Å²) < 4.78 is 43.0. The first-order chi connectivity index (χ1) is 9.40. The fourth-order valence-electron chi connectivity index (χ4n) is 1.92. The van der Waals surface area contributed by atoms with Crippen molar-refractivity contribution in [3.8, 4) is 0 Å². The summed E-state index contributed by atoms with van der Waals surface area (Å²) in [7, 11) is 1.07. The van der Waals surface area contributed by atoms with Crippen molar-refractivity contribution in [2.24, 2.45) is 5.92 Å². The molecule has 1 N–H and O–H groups in total. The number of halogens is 3. The van der Waals surface area contributed by atoms with Crippen LogP contribution in [0.5, 0.6) is 0 Å². The summed E-state index contributed by atoms with van der Waals surface area (Å²) in [5.74, 6) is -2.49. The lowest BCUT2D eigenvalue weighted by Gasteiger charge is -2.17. The number of ether oxygens (including phenoxy) is 1. The average Bonchev–Trinajstić information content (AvgIpc) is 2.79. The van der Waals surface area contributed by atoms with Crippen LogP contribution in [-0.4, -0.2) is 29.2 Å². The van der Waals surface area contributed by atoms with Gasteiger partial charge in [-0.05, 0) is 12.1 Å². The molecule has 1 aromatic heterocycles. The topological polar surface area (TPSA) is 55.0 Å². The second kappa shape index (κ2) is 5.52. The van der Waals surface area contributed by atoms with Gasteiger partial charge in [-0.3, -0.25) is 4.79 Å². The lowest BCUT2D eigenvalue weighted by atomic mass is 10.0. The van der Waals surface area contributed by atoms with E-state index in [0.717, 1.165) is 7.11 Å². The van der Waals surface area contributed by atoms with Crippen LogP contribution in [-0.2, 0) is 16.0 Å². The van der Waals surface area contributed by atoms with Crippen LogP contribution < -0.4 is 0 Å². The lowest BCUT2D eigenvalue weighted by Crippen LogP contribution is -2.28. The highest BCUT2D eigenvalue weighted by atomic mass is 19.4. The Bertz CT molecular complexity index is 574. The SMILES string of the molecule is COC(=O)C[C@@H](Cc1nc2ccccc2[nH]1)C(F)(F)F. The molecule has 0 fully saturated rings. The van der Waals surface area contributed by atoms with E-state index >= 15 is 0 Å². The van der Waals surface area contributed by atoms with Gasteiger partial charge in [0.25, 0.3) is 0 Å². The number of aromatic nitrogens is 2. The minimum absolute atomic E-state index is 0.206. The predicted molar refractivity (Wildman–Crippen MR) is 66.0 cm³/mol. The molecule has 0 aliphatic rings. The third-order valence-corrected chi connectivity index (χ3v) is 2.98. The number of para-hydroxylation sites is 2. The summed E-state index contributed by atoms with van der Waals surface area (Å²) in [6, 6.07) is 6.95. The molecular formula is C13H13F3N2O2. The van der Waals surface area contributed by atoms with Crippen LogP contribution in [0.1, 0.15) is 12.2 Å². The van der Waals surface area contributed by atoms with E-state index in [1.807, 2.05) is 0 Å². The van der Waals surface area contributed by atoms with Crippen molar-refractivity contribution in [2.45, 2.75) is 19.0 Å². The molecule has 108 valence electrons. The van der Waals surface area contributed by atoms with Gasteiger partial charge in [-0.1, -0.05) is 12.1 Å². The van der Waals surface area contributed by atoms with Gasteiger partial charge in [0.05, 0.1) is 30.5 Å². The normalized spacial score (nSPS) is 13.4. The zero-order valence-corrected chi connectivity index (χ0v) is 10.7. The Labute approximate surface area is 113 Å². The molecule has 0 saturated heterocycles. The third-order valence-electron chi connectivity index (χ3n) is 2.98. The van der Waals surface area contributed by atoms with Crippen LogP contribution in [0.4, 0.5) is 13.2 Å². The van der Waals surface area contributed by atoms with Gasteiger partial charge in [-0.15, -0.1) is 0 Å². The predicted octanol–water partition coefficient (Wildman–Crippen LogP) is 2.85. The van der Waals surface area contributed by atoms with Gasteiger partial charge in [0.15, 0.2) is 0 Å². The molecule has 1 aromatic carbocycles. The van der Waals surface area contributed by atoms with Gasteiger partial charge in [0.1, 0.15) is 5.82 Å². The molecule has 0 aliphatic carbocycles. The molecule has 0 saturated carbocycles. The molecule has 0 radical (unpaired) electrons. The van der Waals surface area contributed by atoms with Crippen molar-refractivity contribution in [3.63, 3.8) is 0 Å². The summed E-state index contributed by atoms with van der Waals surface area (Å²) in [5.41, 5.74) is 1.27. The van der Waals surface area contributed by atoms with Gasteiger partial charge >= 0.3 is 12.1 Å². The van der Waals surface area contributed by atoms with E-state index in [1.165, 1.54) is 0 Å². The van der Waals surface area contributed by atoms with Crippen LogP contribution in [0, 0.1) is 5.92 Å². The molecule has 0 aliphatic heterocycles. The summed E-state index contributed by atoms with van der Waals surface area (Å²) in [6.07, 6.45) is -5.57. The first-order valence-electron chi connectivity index (χ1n) is 5.97. The lowest BCUT2D eigenvalue weighted by molar-refractivity contribution is -0.183. The smallest absolute Gasteiger partial charge is 0.392 e. The number of aromatic amines is 1. The maximum Gasteiger partial charge on any atom is 0.392 e. The second-order valence-electron chi connectivity index (χ2n) is 4.42. The van der Waals surface area contributed by atoms with Crippen LogP contribution in [0.2, 0.25) is 0 Å². The quantitative estimate of drug-likeness (QED) is 0.879. The molecule has 4 nitrogen and oxygen atoms in total. The zero-order valence-electron chi connectivity index (χ0n) is 10.7. The third kappa shape index (κ3) is 3.28. The molecule has 1 atom stereocenters. The molecule has 1 heterocycles.